The van der Waals surface area contributed by atoms with Gasteiger partial charge in [0.15, 0.2) is 0 Å². The summed E-state index contributed by atoms with van der Waals surface area (Å²) < 4.78 is 5.32. The van der Waals surface area contributed by atoms with Crippen LogP contribution in [0.1, 0.15) is 85.0 Å². The SMILES string of the molecule is CC(C)(C)OC(=O)NC(C(=O)NCC(=O)N1CC(C2CCCCC2)CC1C(=O)O)C1CCCC1. The predicted octanol–water partition coefficient (Wildman–Crippen LogP) is 3.07. The molecule has 3 N–H and O–H groups in total. The molecule has 2 saturated carbocycles. The van der Waals surface area contributed by atoms with Crippen molar-refractivity contribution in [2.75, 3.05) is 13.1 Å². The molecular formula is C25H41N3O6. The second-order valence-corrected chi connectivity index (χ2v) is 11.2. The lowest BCUT2D eigenvalue weighted by molar-refractivity contribution is -0.148. The lowest BCUT2D eigenvalue weighted by Gasteiger charge is -2.28. The molecule has 1 aliphatic heterocycles. The number of ether oxygens (including phenoxy) is 1. The summed E-state index contributed by atoms with van der Waals surface area (Å²) in [5, 5.41) is 15.1. The Bertz CT molecular complexity index is 752. The summed E-state index contributed by atoms with van der Waals surface area (Å²) in [7, 11) is 0. The van der Waals surface area contributed by atoms with E-state index in [-0.39, 0.29) is 24.3 Å². The first-order valence-corrected chi connectivity index (χ1v) is 12.8. The van der Waals surface area contributed by atoms with Crippen LogP contribution < -0.4 is 10.6 Å². The van der Waals surface area contributed by atoms with Crippen molar-refractivity contribution >= 4 is 23.9 Å². The van der Waals surface area contributed by atoms with E-state index in [9.17, 15) is 24.3 Å². The molecule has 3 amide bonds. The molecule has 9 heteroatoms. The lowest BCUT2D eigenvalue weighted by atomic mass is 9.79. The van der Waals surface area contributed by atoms with Crippen LogP contribution in [0.3, 0.4) is 0 Å². The van der Waals surface area contributed by atoms with E-state index in [1.165, 1.54) is 11.3 Å². The molecule has 2 aliphatic carbocycles. The number of nitrogens with zero attached hydrogens (tertiary/aromatic N) is 1. The van der Waals surface area contributed by atoms with Gasteiger partial charge in [0.05, 0.1) is 6.54 Å². The highest BCUT2D eigenvalue weighted by atomic mass is 16.6. The third kappa shape index (κ3) is 7.09. The molecule has 3 aliphatic rings. The van der Waals surface area contributed by atoms with Crippen molar-refractivity contribution in [3.05, 3.63) is 0 Å². The number of likely N-dealkylation sites (tertiary alicyclic amines) is 1. The average Bonchev–Trinajstić information content (AvgIpc) is 3.45. The van der Waals surface area contributed by atoms with Gasteiger partial charge in [-0.25, -0.2) is 9.59 Å². The molecule has 3 unspecified atom stereocenters. The van der Waals surface area contributed by atoms with Crippen molar-refractivity contribution in [2.24, 2.45) is 17.8 Å². The third-order valence-electron chi connectivity index (χ3n) is 7.50. The van der Waals surface area contributed by atoms with Gasteiger partial charge < -0.3 is 25.4 Å². The van der Waals surface area contributed by atoms with E-state index in [2.05, 4.69) is 10.6 Å². The largest absolute Gasteiger partial charge is 0.480 e. The minimum Gasteiger partial charge on any atom is -0.480 e. The Morgan fingerprint density at radius 3 is 2.18 bits per heavy atom. The van der Waals surface area contributed by atoms with Crippen molar-refractivity contribution in [3.63, 3.8) is 0 Å². The van der Waals surface area contributed by atoms with Crippen LogP contribution in [0.25, 0.3) is 0 Å². The maximum absolute atomic E-state index is 13.0. The van der Waals surface area contributed by atoms with E-state index in [0.29, 0.717) is 18.9 Å². The van der Waals surface area contributed by atoms with Crippen LogP contribution in [0, 0.1) is 17.8 Å². The fraction of sp³-hybridized carbons (Fsp3) is 0.840. The molecule has 0 radical (unpaired) electrons. The quantitative estimate of drug-likeness (QED) is 0.515. The Morgan fingerprint density at radius 1 is 0.971 bits per heavy atom. The Morgan fingerprint density at radius 2 is 1.59 bits per heavy atom. The first-order valence-electron chi connectivity index (χ1n) is 12.8. The minimum absolute atomic E-state index is 0.0168. The molecule has 34 heavy (non-hydrogen) atoms. The predicted molar refractivity (Wildman–Crippen MR) is 126 cm³/mol. The van der Waals surface area contributed by atoms with Gasteiger partial charge in [0, 0.05) is 6.54 Å². The van der Waals surface area contributed by atoms with Gasteiger partial charge >= 0.3 is 12.1 Å². The van der Waals surface area contributed by atoms with Gasteiger partial charge in [-0.1, -0.05) is 44.9 Å². The summed E-state index contributed by atoms with van der Waals surface area (Å²) in [6.07, 6.45) is 9.16. The number of hydrogen-bond donors (Lipinski definition) is 3. The van der Waals surface area contributed by atoms with E-state index < -0.39 is 35.7 Å². The van der Waals surface area contributed by atoms with E-state index in [1.807, 2.05) is 0 Å². The van der Waals surface area contributed by atoms with Crippen molar-refractivity contribution in [1.82, 2.24) is 15.5 Å². The topological polar surface area (TPSA) is 125 Å². The van der Waals surface area contributed by atoms with E-state index in [1.54, 1.807) is 20.8 Å². The normalized spacial score (nSPS) is 25.1. The molecule has 192 valence electrons. The van der Waals surface area contributed by atoms with Crippen LogP contribution in [0.5, 0.6) is 0 Å². The molecule has 1 saturated heterocycles. The molecule has 0 aromatic carbocycles. The fourth-order valence-electron chi connectivity index (χ4n) is 5.82. The fourth-order valence-corrected chi connectivity index (χ4v) is 5.82. The first kappa shape index (κ1) is 26.3. The number of aliphatic carboxylic acids is 1. The molecular weight excluding hydrogens is 438 g/mol. The Hall–Kier alpha value is -2.32. The van der Waals surface area contributed by atoms with Gasteiger partial charge in [-0.05, 0) is 57.8 Å². The monoisotopic (exact) mass is 479 g/mol. The number of carboxylic acids is 1. The van der Waals surface area contributed by atoms with Crippen LogP contribution in [0.4, 0.5) is 4.79 Å². The second kappa shape index (κ2) is 11.4. The summed E-state index contributed by atoms with van der Waals surface area (Å²) in [5.41, 5.74) is -0.687. The van der Waals surface area contributed by atoms with Gasteiger partial charge in [0.2, 0.25) is 11.8 Å². The number of amides is 3. The summed E-state index contributed by atoms with van der Waals surface area (Å²) in [5.74, 6) is -1.17. The minimum atomic E-state index is -0.992. The standard InChI is InChI=1S/C25H41N3O6/c1-25(2,3)34-24(33)27-21(17-11-7-8-12-17)22(30)26-14-20(29)28-15-18(13-19(28)23(31)32)16-9-5-4-6-10-16/h16-19,21H,4-15H2,1-3H3,(H,26,30)(H,27,33)(H,31,32). The van der Waals surface area contributed by atoms with E-state index >= 15 is 0 Å². The first-order chi connectivity index (χ1) is 16.0. The number of nitrogens with one attached hydrogen (secondary N) is 2. The molecule has 0 aromatic heterocycles. The summed E-state index contributed by atoms with van der Waals surface area (Å²) >= 11 is 0. The van der Waals surface area contributed by atoms with Crippen LogP contribution in [0.15, 0.2) is 0 Å². The smallest absolute Gasteiger partial charge is 0.408 e. The number of carbonyl (C=O) groups is 4. The number of hydrogen-bond acceptors (Lipinski definition) is 5. The highest BCUT2D eigenvalue weighted by molar-refractivity contribution is 5.91. The van der Waals surface area contributed by atoms with E-state index in [0.717, 1.165) is 51.4 Å². The molecule has 3 atom stereocenters. The van der Waals surface area contributed by atoms with Crippen LogP contribution >= 0.6 is 0 Å². The number of alkyl carbamates (subject to hydrolysis) is 1. The Labute approximate surface area is 202 Å². The summed E-state index contributed by atoms with van der Waals surface area (Å²) in [6, 6.07) is -1.63. The molecule has 9 nitrogen and oxygen atoms in total. The highest BCUT2D eigenvalue weighted by Gasteiger charge is 2.42. The van der Waals surface area contributed by atoms with Crippen molar-refractivity contribution in [3.8, 4) is 0 Å². The van der Waals surface area contributed by atoms with Gasteiger partial charge in [-0.2, -0.15) is 0 Å². The van der Waals surface area contributed by atoms with Crippen LogP contribution in [-0.2, 0) is 19.1 Å². The van der Waals surface area contributed by atoms with Crippen molar-refractivity contribution in [2.45, 2.75) is 103 Å². The zero-order chi connectivity index (χ0) is 24.9. The Balaban J connectivity index is 1.59. The molecule has 0 aromatic rings. The number of rotatable bonds is 7. The summed E-state index contributed by atoms with van der Waals surface area (Å²) in [4.78, 5) is 51.6. The molecule has 0 spiro atoms. The zero-order valence-electron chi connectivity index (χ0n) is 20.8. The molecule has 0 bridgehead atoms. The average molecular weight is 480 g/mol. The van der Waals surface area contributed by atoms with Crippen LogP contribution in [0.2, 0.25) is 0 Å². The zero-order valence-corrected chi connectivity index (χ0v) is 20.8. The maximum Gasteiger partial charge on any atom is 0.408 e. The van der Waals surface area contributed by atoms with Crippen molar-refractivity contribution < 1.29 is 29.0 Å². The second-order valence-electron chi connectivity index (χ2n) is 11.2. The van der Waals surface area contributed by atoms with Crippen molar-refractivity contribution in [1.29, 1.82) is 0 Å². The third-order valence-corrected chi connectivity index (χ3v) is 7.50. The lowest BCUT2D eigenvalue weighted by Crippen LogP contribution is -2.53. The Kier molecular flexibility index (Phi) is 8.82. The molecule has 3 fully saturated rings. The van der Waals surface area contributed by atoms with Gasteiger partial charge in [-0.15, -0.1) is 0 Å². The number of carboxylic acid groups (broad SMARTS) is 1. The molecule has 1 heterocycles. The van der Waals surface area contributed by atoms with Gasteiger partial charge in [0.1, 0.15) is 17.7 Å². The summed E-state index contributed by atoms with van der Waals surface area (Å²) in [6.45, 7) is 5.42. The maximum atomic E-state index is 13.0. The van der Waals surface area contributed by atoms with Gasteiger partial charge in [-0.3, -0.25) is 9.59 Å². The molecule has 3 rings (SSSR count). The van der Waals surface area contributed by atoms with Crippen LogP contribution in [-0.4, -0.2) is 64.7 Å². The number of carbonyl (C=O) groups excluding carboxylic acids is 3. The van der Waals surface area contributed by atoms with E-state index in [4.69, 9.17) is 4.74 Å². The van der Waals surface area contributed by atoms with Gasteiger partial charge in [0.25, 0.3) is 0 Å². The highest BCUT2D eigenvalue weighted by Crippen LogP contribution is 2.37.